The fourth-order valence-corrected chi connectivity index (χ4v) is 3.51. The van der Waals surface area contributed by atoms with Crippen LogP contribution >= 0.6 is 11.6 Å². The first-order valence-electron chi connectivity index (χ1n) is 5.00. The lowest BCUT2D eigenvalue weighted by molar-refractivity contribution is 0.567. The Morgan fingerprint density at radius 2 is 2.38 bits per heavy atom. The zero-order valence-electron chi connectivity index (χ0n) is 8.56. The van der Waals surface area contributed by atoms with Crippen molar-refractivity contribution in [3.05, 3.63) is 17.5 Å². The number of nitrogens with zero attached hydrogens (tertiary/aromatic N) is 2. The smallest absolute Gasteiger partial charge is 0.223 e. The zero-order chi connectivity index (χ0) is 11.6. The summed E-state index contributed by atoms with van der Waals surface area (Å²) in [5.41, 5.74) is 0. The third-order valence-corrected chi connectivity index (χ3v) is 4.49. The van der Waals surface area contributed by atoms with Gasteiger partial charge in [-0.3, -0.25) is 0 Å². The molecule has 88 valence electrons. The van der Waals surface area contributed by atoms with Gasteiger partial charge in [0.25, 0.3) is 0 Å². The van der Waals surface area contributed by atoms with Crippen LogP contribution in [-0.4, -0.2) is 37.2 Å². The molecule has 1 unspecified atom stereocenters. The van der Waals surface area contributed by atoms with Crippen molar-refractivity contribution >= 4 is 21.4 Å². The molecule has 0 radical (unpaired) electrons. The van der Waals surface area contributed by atoms with Gasteiger partial charge >= 0.3 is 0 Å². The molecule has 1 saturated heterocycles. The summed E-state index contributed by atoms with van der Waals surface area (Å²) in [6.07, 6.45) is 2.24. The number of aromatic nitrogens is 2. The first-order valence-corrected chi connectivity index (χ1v) is 7.03. The number of nitrogens with one attached hydrogen (secondary N) is 1. The molecule has 2 heterocycles. The highest BCUT2D eigenvalue weighted by Crippen LogP contribution is 2.16. The van der Waals surface area contributed by atoms with E-state index in [1.807, 2.05) is 0 Å². The molecule has 0 spiro atoms. The van der Waals surface area contributed by atoms with Gasteiger partial charge in [-0.25, -0.2) is 18.4 Å². The zero-order valence-corrected chi connectivity index (χ0v) is 10.1. The van der Waals surface area contributed by atoms with Crippen molar-refractivity contribution in [1.82, 2.24) is 15.3 Å². The van der Waals surface area contributed by atoms with Crippen LogP contribution in [0.1, 0.15) is 6.42 Å². The summed E-state index contributed by atoms with van der Waals surface area (Å²) in [4.78, 5) is 7.40. The van der Waals surface area contributed by atoms with Crippen LogP contribution in [0, 0.1) is 5.92 Å². The van der Waals surface area contributed by atoms with Gasteiger partial charge in [0.05, 0.1) is 5.75 Å². The van der Waals surface area contributed by atoms with Gasteiger partial charge in [-0.2, -0.15) is 0 Å². The van der Waals surface area contributed by atoms with Crippen LogP contribution < -0.4 is 5.32 Å². The topological polar surface area (TPSA) is 72.0 Å². The molecule has 0 saturated carbocycles. The minimum atomic E-state index is -3.34. The standard InChI is InChI=1S/C9H12ClN3O2S/c10-9-12-4-2-8(13-9)16(14,15)6-7-1-3-11-5-7/h2,4,7,11H,1,3,5-6H2. The molecular formula is C9H12ClN3O2S. The van der Waals surface area contributed by atoms with E-state index in [1.165, 1.54) is 12.3 Å². The fraction of sp³-hybridized carbons (Fsp3) is 0.556. The highest BCUT2D eigenvalue weighted by atomic mass is 35.5. The van der Waals surface area contributed by atoms with Gasteiger partial charge in [0.1, 0.15) is 0 Å². The molecule has 7 heteroatoms. The molecular weight excluding hydrogens is 250 g/mol. The van der Waals surface area contributed by atoms with Crippen molar-refractivity contribution in [3.63, 3.8) is 0 Å². The average Bonchev–Trinajstić information content (AvgIpc) is 2.70. The Labute approximate surface area is 99.2 Å². The molecule has 1 aromatic heterocycles. The van der Waals surface area contributed by atoms with Crippen molar-refractivity contribution in [2.45, 2.75) is 11.4 Å². The van der Waals surface area contributed by atoms with Gasteiger partial charge < -0.3 is 5.32 Å². The second-order valence-corrected chi connectivity index (χ2v) is 6.12. The van der Waals surface area contributed by atoms with E-state index >= 15 is 0 Å². The Balaban J connectivity index is 2.18. The summed E-state index contributed by atoms with van der Waals surface area (Å²) < 4.78 is 23.9. The van der Waals surface area contributed by atoms with Crippen LogP contribution in [0.25, 0.3) is 0 Å². The maximum atomic E-state index is 12.0. The van der Waals surface area contributed by atoms with Crippen molar-refractivity contribution in [3.8, 4) is 0 Å². The minimum Gasteiger partial charge on any atom is -0.316 e. The SMILES string of the molecule is O=S(=O)(CC1CCNC1)c1ccnc(Cl)n1. The Morgan fingerprint density at radius 1 is 1.56 bits per heavy atom. The van der Waals surface area contributed by atoms with Crippen LogP contribution in [0.15, 0.2) is 17.3 Å². The van der Waals surface area contributed by atoms with E-state index in [1.54, 1.807) is 0 Å². The van der Waals surface area contributed by atoms with E-state index in [9.17, 15) is 8.42 Å². The van der Waals surface area contributed by atoms with Gasteiger partial charge in [0.15, 0.2) is 14.9 Å². The number of sulfone groups is 1. The first-order chi connectivity index (χ1) is 7.58. The lowest BCUT2D eigenvalue weighted by Gasteiger charge is -2.08. The maximum Gasteiger partial charge on any atom is 0.223 e. The molecule has 0 bridgehead atoms. The summed E-state index contributed by atoms with van der Waals surface area (Å²) in [6.45, 7) is 1.63. The Bertz CT molecular complexity index is 471. The molecule has 0 aromatic carbocycles. The molecule has 1 fully saturated rings. The molecule has 5 nitrogen and oxygen atoms in total. The quantitative estimate of drug-likeness (QED) is 0.634. The number of hydrogen-bond acceptors (Lipinski definition) is 5. The molecule has 1 aliphatic heterocycles. The van der Waals surface area contributed by atoms with Gasteiger partial charge in [-0.1, -0.05) is 0 Å². The largest absolute Gasteiger partial charge is 0.316 e. The van der Waals surface area contributed by atoms with Gasteiger partial charge in [-0.15, -0.1) is 0 Å². The molecule has 2 rings (SSSR count). The molecule has 0 aliphatic carbocycles. The van der Waals surface area contributed by atoms with E-state index in [4.69, 9.17) is 11.6 Å². The fourth-order valence-electron chi connectivity index (χ4n) is 1.75. The summed E-state index contributed by atoms with van der Waals surface area (Å²) in [6, 6.07) is 1.38. The normalized spacial score (nSPS) is 21.2. The third kappa shape index (κ3) is 2.69. The molecule has 0 amide bonds. The average molecular weight is 262 g/mol. The molecule has 16 heavy (non-hydrogen) atoms. The lowest BCUT2D eigenvalue weighted by Crippen LogP contribution is -2.19. The van der Waals surface area contributed by atoms with Crippen LogP contribution in [0.5, 0.6) is 0 Å². The van der Waals surface area contributed by atoms with Crippen LogP contribution in [0.4, 0.5) is 0 Å². The van der Waals surface area contributed by atoms with E-state index in [-0.39, 0.29) is 22.0 Å². The van der Waals surface area contributed by atoms with E-state index in [2.05, 4.69) is 15.3 Å². The highest BCUT2D eigenvalue weighted by Gasteiger charge is 2.25. The maximum absolute atomic E-state index is 12.0. The molecule has 1 aliphatic rings. The second kappa shape index (κ2) is 4.65. The molecule has 1 N–H and O–H groups in total. The van der Waals surface area contributed by atoms with Crippen LogP contribution in [0.2, 0.25) is 5.28 Å². The Morgan fingerprint density at radius 3 is 3.00 bits per heavy atom. The predicted molar refractivity (Wildman–Crippen MR) is 60.1 cm³/mol. The summed E-state index contributed by atoms with van der Waals surface area (Å²) >= 11 is 5.57. The first kappa shape index (κ1) is 11.8. The lowest BCUT2D eigenvalue weighted by atomic mass is 10.2. The predicted octanol–water partition coefficient (Wildman–Crippen LogP) is 0.513. The Hall–Kier alpha value is -0.720. The monoisotopic (exact) mass is 261 g/mol. The number of halogens is 1. The van der Waals surface area contributed by atoms with Gasteiger partial charge in [-0.05, 0) is 43.1 Å². The van der Waals surface area contributed by atoms with Crippen molar-refractivity contribution in [2.75, 3.05) is 18.8 Å². The van der Waals surface area contributed by atoms with Crippen molar-refractivity contribution < 1.29 is 8.42 Å². The summed E-state index contributed by atoms with van der Waals surface area (Å²) in [7, 11) is -3.34. The van der Waals surface area contributed by atoms with E-state index in [0.717, 1.165) is 19.5 Å². The van der Waals surface area contributed by atoms with Crippen LogP contribution in [-0.2, 0) is 9.84 Å². The van der Waals surface area contributed by atoms with Crippen molar-refractivity contribution in [1.29, 1.82) is 0 Å². The molecule has 1 atom stereocenters. The van der Waals surface area contributed by atoms with E-state index < -0.39 is 9.84 Å². The van der Waals surface area contributed by atoms with Crippen molar-refractivity contribution in [2.24, 2.45) is 5.92 Å². The van der Waals surface area contributed by atoms with Gasteiger partial charge in [0.2, 0.25) is 5.28 Å². The van der Waals surface area contributed by atoms with Gasteiger partial charge in [0, 0.05) is 6.20 Å². The second-order valence-electron chi connectivity index (χ2n) is 3.80. The third-order valence-electron chi connectivity index (χ3n) is 2.54. The minimum absolute atomic E-state index is 0.0133. The highest BCUT2D eigenvalue weighted by molar-refractivity contribution is 7.91. The van der Waals surface area contributed by atoms with Crippen LogP contribution in [0.3, 0.4) is 0 Å². The summed E-state index contributed by atoms with van der Waals surface area (Å²) in [5, 5.41) is 3.11. The van der Waals surface area contributed by atoms with E-state index in [0.29, 0.717) is 0 Å². The Kier molecular flexibility index (Phi) is 3.41. The number of hydrogen-bond donors (Lipinski definition) is 1. The number of rotatable bonds is 3. The molecule has 1 aromatic rings. The summed E-state index contributed by atoms with van der Waals surface area (Å²) in [5.74, 6) is 0.284.